The molecule has 0 spiro atoms. The SMILES string of the molecule is CCN(CC)C1(C(N)Cc2cccs2)CCCC1. The molecule has 1 aliphatic carbocycles. The summed E-state index contributed by atoms with van der Waals surface area (Å²) >= 11 is 1.84. The van der Waals surface area contributed by atoms with Gasteiger partial charge in [0, 0.05) is 16.5 Å². The minimum atomic E-state index is 0.257. The first-order chi connectivity index (χ1) is 8.73. The van der Waals surface area contributed by atoms with E-state index in [1.54, 1.807) is 0 Å². The lowest BCUT2D eigenvalue weighted by molar-refractivity contribution is 0.0774. The van der Waals surface area contributed by atoms with Crippen molar-refractivity contribution >= 4 is 11.3 Å². The molecule has 0 aliphatic heterocycles. The van der Waals surface area contributed by atoms with E-state index in [-0.39, 0.29) is 11.6 Å². The summed E-state index contributed by atoms with van der Waals surface area (Å²) in [6, 6.07) is 4.62. The molecule has 18 heavy (non-hydrogen) atoms. The van der Waals surface area contributed by atoms with Crippen LogP contribution in [-0.2, 0) is 6.42 Å². The third-order valence-corrected chi connectivity index (χ3v) is 5.45. The average Bonchev–Trinajstić information content (AvgIpc) is 3.02. The Bertz CT molecular complexity index is 337. The maximum Gasteiger partial charge on any atom is 0.0363 e. The van der Waals surface area contributed by atoms with E-state index in [4.69, 9.17) is 5.73 Å². The van der Waals surface area contributed by atoms with Crippen LogP contribution < -0.4 is 5.73 Å². The fourth-order valence-corrected chi connectivity index (χ4v) is 4.36. The third kappa shape index (κ3) is 2.63. The fourth-order valence-electron chi connectivity index (χ4n) is 3.60. The average molecular weight is 266 g/mol. The second-order valence-corrected chi connectivity index (χ2v) is 6.41. The summed E-state index contributed by atoms with van der Waals surface area (Å²) in [7, 11) is 0. The number of thiophene rings is 1. The van der Waals surface area contributed by atoms with Gasteiger partial charge in [-0.05, 0) is 43.8 Å². The lowest BCUT2D eigenvalue weighted by Gasteiger charge is -2.44. The second kappa shape index (κ2) is 6.18. The topological polar surface area (TPSA) is 29.3 Å². The van der Waals surface area contributed by atoms with Crippen molar-refractivity contribution in [2.24, 2.45) is 5.73 Å². The number of nitrogens with two attached hydrogens (primary N) is 1. The van der Waals surface area contributed by atoms with Crippen molar-refractivity contribution in [2.75, 3.05) is 13.1 Å². The first kappa shape index (κ1) is 14.0. The summed E-state index contributed by atoms with van der Waals surface area (Å²) in [4.78, 5) is 4.04. The van der Waals surface area contributed by atoms with Crippen molar-refractivity contribution < 1.29 is 0 Å². The Morgan fingerprint density at radius 2 is 2.00 bits per heavy atom. The van der Waals surface area contributed by atoms with Gasteiger partial charge in [0.15, 0.2) is 0 Å². The van der Waals surface area contributed by atoms with Crippen molar-refractivity contribution in [1.82, 2.24) is 4.90 Å². The highest BCUT2D eigenvalue weighted by Gasteiger charge is 2.43. The van der Waals surface area contributed by atoms with Gasteiger partial charge in [-0.25, -0.2) is 0 Å². The van der Waals surface area contributed by atoms with Gasteiger partial charge in [-0.1, -0.05) is 32.8 Å². The van der Waals surface area contributed by atoms with Crippen LogP contribution in [0.1, 0.15) is 44.4 Å². The van der Waals surface area contributed by atoms with Gasteiger partial charge in [0.25, 0.3) is 0 Å². The van der Waals surface area contributed by atoms with Gasteiger partial charge < -0.3 is 5.73 Å². The van der Waals surface area contributed by atoms with Gasteiger partial charge in [-0.3, -0.25) is 4.90 Å². The molecule has 0 amide bonds. The molecule has 1 aliphatic rings. The molecule has 1 atom stereocenters. The number of nitrogens with zero attached hydrogens (tertiary/aromatic N) is 1. The van der Waals surface area contributed by atoms with Crippen LogP contribution in [0.15, 0.2) is 17.5 Å². The molecular weight excluding hydrogens is 240 g/mol. The molecule has 1 heterocycles. The molecule has 2 nitrogen and oxygen atoms in total. The molecule has 102 valence electrons. The van der Waals surface area contributed by atoms with E-state index in [0.29, 0.717) is 0 Å². The summed E-state index contributed by atoms with van der Waals surface area (Å²) < 4.78 is 0. The van der Waals surface area contributed by atoms with Gasteiger partial charge in [0.2, 0.25) is 0 Å². The smallest absolute Gasteiger partial charge is 0.0363 e. The van der Waals surface area contributed by atoms with Gasteiger partial charge in [-0.15, -0.1) is 11.3 Å². The maximum atomic E-state index is 6.62. The molecule has 1 aromatic rings. The largest absolute Gasteiger partial charge is 0.326 e. The molecule has 1 unspecified atom stereocenters. The molecule has 1 saturated carbocycles. The highest BCUT2D eigenvalue weighted by molar-refractivity contribution is 7.09. The quantitative estimate of drug-likeness (QED) is 0.856. The van der Waals surface area contributed by atoms with E-state index < -0.39 is 0 Å². The van der Waals surface area contributed by atoms with Gasteiger partial charge in [0.1, 0.15) is 0 Å². The van der Waals surface area contributed by atoms with Crippen LogP contribution in [0.5, 0.6) is 0 Å². The molecule has 0 radical (unpaired) electrons. The number of rotatable bonds is 6. The zero-order valence-electron chi connectivity index (χ0n) is 11.7. The van der Waals surface area contributed by atoms with Crippen LogP contribution in [0.3, 0.4) is 0 Å². The molecule has 3 heteroatoms. The summed E-state index contributed by atoms with van der Waals surface area (Å²) in [5.41, 5.74) is 6.88. The predicted molar refractivity (Wildman–Crippen MR) is 80.1 cm³/mol. The zero-order valence-corrected chi connectivity index (χ0v) is 12.5. The van der Waals surface area contributed by atoms with Crippen LogP contribution in [0.4, 0.5) is 0 Å². The van der Waals surface area contributed by atoms with Crippen LogP contribution in [0, 0.1) is 0 Å². The molecule has 0 bridgehead atoms. The minimum absolute atomic E-state index is 0.257. The highest BCUT2D eigenvalue weighted by atomic mass is 32.1. The van der Waals surface area contributed by atoms with Gasteiger partial charge in [-0.2, -0.15) is 0 Å². The summed E-state index contributed by atoms with van der Waals surface area (Å²) in [6.45, 7) is 6.77. The Morgan fingerprint density at radius 3 is 2.50 bits per heavy atom. The summed E-state index contributed by atoms with van der Waals surface area (Å²) in [6.07, 6.45) is 6.28. The van der Waals surface area contributed by atoms with Gasteiger partial charge in [0.05, 0.1) is 0 Å². The number of hydrogen-bond acceptors (Lipinski definition) is 3. The Morgan fingerprint density at radius 1 is 1.33 bits per heavy atom. The standard InChI is InChI=1S/C15H26N2S/c1-3-17(4-2)15(9-5-6-10-15)14(16)12-13-8-7-11-18-13/h7-8,11,14H,3-6,9-10,12,16H2,1-2H3. The monoisotopic (exact) mass is 266 g/mol. The molecule has 2 N–H and O–H groups in total. The van der Waals surface area contributed by atoms with E-state index in [1.165, 1.54) is 30.6 Å². The Hall–Kier alpha value is -0.380. The van der Waals surface area contributed by atoms with Crippen LogP contribution in [-0.4, -0.2) is 29.6 Å². The van der Waals surface area contributed by atoms with E-state index >= 15 is 0 Å². The van der Waals surface area contributed by atoms with Crippen LogP contribution in [0.2, 0.25) is 0 Å². The summed E-state index contributed by atoms with van der Waals surface area (Å²) in [5.74, 6) is 0. The minimum Gasteiger partial charge on any atom is -0.326 e. The van der Waals surface area contributed by atoms with Crippen molar-refractivity contribution in [3.05, 3.63) is 22.4 Å². The molecular formula is C15H26N2S. The first-order valence-electron chi connectivity index (χ1n) is 7.26. The second-order valence-electron chi connectivity index (χ2n) is 5.37. The maximum absolute atomic E-state index is 6.62. The molecule has 0 saturated heterocycles. The first-order valence-corrected chi connectivity index (χ1v) is 8.14. The van der Waals surface area contributed by atoms with E-state index in [1.807, 2.05) is 11.3 Å². The van der Waals surface area contributed by atoms with Crippen molar-refractivity contribution in [3.8, 4) is 0 Å². The van der Waals surface area contributed by atoms with Crippen molar-refractivity contribution in [2.45, 2.75) is 57.5 Å². The molecule has 1 aromatic heterocycles. The van der Waals surface area contributed by atoms with E-state index in [0.717, 1.165) is 19.5 Å². The normalized spacial score (nSPS) is 20.4. The van der Waals surface area contributed by atoms with Crippen LogP contribution in [0.25, 0.3) is 0 Å². The zero-order chi connectivity index (χ0) is 13.0. The van der Waals surface area contributed by atoms with Crippen LogP contribution >= 0.6 is 11.3 Å². The third-order valence-electron chi connectivity index (χ3n) is 4.55. The molecule has 2 rings (SSSR count). The highest BCUT2D eigenvalue weighted by Crippen LogP contribution is 2.38. The Balaban J connectivity index is 2.13. The van der Waals surface area contributed by atoms with E-state index in [9.17, 15) is 0 Å². The van der Waals surface area contributed by atoms with E-state index in [2.05, 4.69) is 36.3 Å². The molecule has 1 fully saturated rings. The Labute approximate surface area is 115 Å². The van der Waals surface area contributed by atoms with Gasteiger partial charge >= 0.3 is 0 Å². The fraction of sp³-hybridized carbons (Fsp3) is 0.733. The van der Waals surface area contributed by atoms with Crippen molar-refractivity contribution in [1.29, 1.82) is 0 Å². The lowest BCUT2D eigenvalue weighted by Crippen LogP contribution is -2.59. The number of hydrogen-bond donors (Lipinski definition) is 1. The predicted octanol–water partition coefficient (Wildman–Crippen LogP) is 3.27. The lowest BCUT2D eigenvalue weighted by atomic mass is 9.84. The van der Waals surface area contributed by atoms with Crippen molar-refractivity contribution in [3.63, 3.8) is 0 Å². The number of likely N-dealkylation sites (N-methyl/N-ethyl adjacent to an activating group) is 1. The Kier molecular flexibility index (Phi) is 4.82. The molecule has 0 aromatic carbocycles. The summed E-state index contributed by atoms with van der Waals surface area (Å²) in [5, 5.41) is 2.15.